The molecule has 6 aromatic carbocycles. The largest absolute Gasteiger partial charge is 0.485 e. The van der Waals surface area contributed by atoms with Crippen molar-refractivity contribution in [3.8, 4) is 51.0 Å². The Morgan fingerprint density at radius 1 is 0.491 bits per heavy atom. The van der Waals surface area contributed by atoms with Gasteiger partial charge in [0, 0.05) is 28.2 Å². The third kappa shape index (κ3) is 5.69. The molecule has 4 heteroatoms. The van der Waals surface area contributed by atoms with Gasteiger partial charge in [0.1, 0.15) is 11.9 Å². The fourth-order valence-corrected chi connectivity index (χ4v) is 8.02. The van der Waals surface area contributed by atoms with Gasteiger partial charge >= 0.3 is 0 Å². The van der Waals surface area contributed by atoms with Crippen LogP contribution in [-0.2, 0) is 0 Å². The molecule has 53 heavy (non-hydrogen) atoms. The first-order valence-electron chi connectivity index (χ1n) is 18.3. The van der Waals surface area contributed by atoms with Gasteiger partial charge in [-0.2, -0.15) is 0 Å². The third-order valence-electron chi connectivity index (χ3n) is 10.7. The Morgan fingerprint density at radius 2 is 1.13 bits per heavy atom. The van der Waals surface area contributed by atoms with E-state index in [-0.39, 0.29) is 12.0 Å². The zero-order valence-corrected chi connectivity index (χ0v) is 29.0. The van der Waals surface area contributed by atoms with Gasteiger partial charge in [0.15, 0.2) is 17.5 Å². The van der Waals surface area contributed by atoms with Crippen molar-refractivity contribution < 1.29 is 4.74 Å². The molecule has 10 rings (SSSR count). The van der Waals surface area contributed by atoms with Crippen LogP contribution in [0.15, 0.2) is 182 Å². The van der Waals surface area contributed by atoms with Crippen LogP contribution in [0.4, 0.5) is 0 Å². The minimum Gasteiger partial charge on any atom is -0.485 e. The lowest BCUT2D eigenvalue weighted by Gasteiger charge is -2.24. The molecular formula is C49H35N3O. The summed E-state index contributed by atoms with van der Waals surface area (Å²) in [7, 11) is 0. The molecule has 0 saturated heterocycles. The third-order valence-corrected chi connectivity index (χ3v) is 10.7. The summed E-state index contributed by atoms with van der Waals surface area (Å²) in [5.41, 5.74) is 10.2. The van der Waals surface area contributed by atoms with E-state index in [0.717, 1.165) is 45.2 Å². The number of hydrogen-bond donors (Lipinski definition) is 0. The molecule has 3 aliphatic rings. The van der Waals surface area contributed by atoms with Crippen LogP contribution < -0.4 is 4.74 Å². The summed E-state index contributed by atoms with van der Waals surface area (Å²) in [6, 6.07) is 49.1. The summed E-state index contributed by atoms with van der Waals surface area (Å²) >= 11 is 0. The van der Waals surface area contributed by atoms with Crippen molar-refractivity contribution in [1.29, 1.82) is 0 Å². The molecule has 0 N–H and O–H groups in total. The number of nitrogens with zero attached hydrogens (tertiary/aromatic N) is 3. The van der Waals surface area contributed by atoms with Crippen molar-refractivity contribution in [2.24, 2.45) is 0 Å². The topological polar surface area (TPSA) is 47.9 Å². The maximum atomic E-state index is 6.39. The van der Waals surface area contributed by atoms with Gasteiger partial charge in [0.2, 0.25) is 0 Å². The predicted octanol–water partition coefficient (Wildman–Crippen LogP) is 11.8. The second kappa shape index (κ2) is 13.2. The summed E-state index contributed by atoms with van der Waals surface area (Å²) in [6.45, 7) is 0. The van der Waals surface area contributed by atoms with Gasteiger partial charge < -0.3 is 4.74 Å². The van der Waals surface area contributed by atoms with Gasteiger partial charge in [-0.15, -0.1) is 0 Å². The van der Waals surface area contributed by atoms with Crippen molar-refractivity contribution >= 4 is 16.3 Å². The summed E-state index contributed by atoms with van der Waals surface area (Å²) in [5.74, 6) is 3.41. The maximum Gasteiger partial charge on any atom is 0.164 e. The Morgan fingerprint density at radius 3 is 1.89 bits per heavy atom. The van der Waals surface area contributed by atoms with E-state index in [1.807, 2.05) is 12.1 Å². The number of ether oxygens (including phenoxy) is 1. The molecule has 1 aromatic heterocycles. The molecule has 0 radical (unpaired) electrons. The SMILES string of the molecule is C1=CCC(c2ccc(-c3nc(-c4ccc(-c5ccccc5)cc4)nc(-c4cccc5c(C6=CC=CC7Oc8ccccc8C67)cccc45)n3)cc2)C=C1. The number of rotatable bonds is 6. The van der Waals surface area contributed by atoms with Crippen LogP contribution in [0.25, 0.3) is 61.6 Å². The molecule has 0 amide bonds. The number of hydrogen-bond acceptors (Lipinski definition) is 4. The van der Waals surface area contributed by atoms with Gasteiger partial charge in [-0.1, -0.05) is 170 Å². The Balaban J connectivity index is 1.09. The highest BCUT2D eigenvalue weighted by molar-refractivity contribution is 6.03. The van der Waals surface area contributed by atoms with Crippen LogP contribution in [0.1, 0.15) is 34.9 Å². The minimum atomic E-state index is -0.0234. The van der Waals surface area contributed by atoms with E-state index in [9.17, 15) is 0 Å². The molecule has 252 valence electrons. The van der Waals surface area contributed by atoms with Crippen LogP contribution in [0, 0.1) is 0 Å². The van der Waals surface area contributed by atoms with Crippen molar-refractivity contribution in [2.75, 3.05) is 0 Å². The average molecular weight is 682 g/mol. The molecule has 7 aromatic rings. The molecule has 0 fully saturated rings. The van der Waals surface area contributed by atoms with Gasteiger partial charge in [-0.05, 0) is 57.2 Å². The monoisotopic (exact) mass is 681 g/mol. The number of benzene rings is 6. The quantitative estimate of drug-likeness (QED) is 0.175. The molecular weight excluding hydrogens is 647 g/mol. The number of aromatic nitrogens is 3. The standard InChI is InChI=1S/C49H35N3O/c1-3-12-32(13-4-1)34-24-28-36(29-25-34)47-50-48(37-30-26-35(27-31-37)33-14-5-2-6-15-33)52-49(51-47)42-21-10-17-38-39(18-9-19-40(38)42)41-20-11-23-45-46(41)43-16-7-8-22-44(43)53-45/h1-14,16-31,33,45-46H,15H2. The van der Waals surface area contributed by atoms with Gasteiger partial charge in [0.25, 0.3) is 0 Å². The van der Waals surface area contributed by atoms with E-state index in [1.165, 1.54) is 27.8 Å². The van der Waals surface area contributed by atoms with Crippen LogP contribution in [0.2, 0.25) is 0 Å². The van der Waals surface area contributed by atoms with E-state index in [2.05, 4.69) is 170 Å². The highest BCUT2D eigenvalue weighted by atomic mass is 16.5. The lowest BCUT2D eigenvalue weighted by atomic mass is 9.80. The molecule has 0 spiro atoms. The molecule has 0 saturated carbocycles. The Kier molecular flexibility index (Phi) is 7.72. The van der Waals surface area contributed by atoms with Gasteiger partial charge in [-0.25, -0.2) is 15.0 Å². The number of para-hydroxylation sites is 1. The zero-order valence-electron chi connectivity index (χ0n) is 29.0. The average Bonchev–Trinajstić information content (AvgIpc) is 3.63. The van der Waals surface area contributed by atoms with Crippen LogP contribution in [0.3, 0.4) is 0 Å². The Hall–Kier alpha value is -6.65. The first kappa shape index (κ1) is 31.1. The molecule has 0 bridgehead atoms. The number of allylic oxidation sites excluding steroid dienone is 6. The molecule has 3 unspecified atom stereocenters. The summed E-state index contributed by atoms with van der Waals surface area (Å²) in [5, 5.41) is 2.25. The molecule has 1 aliphatic heterocycles. The summed E-state index contributed by atoms with van der Waals surface area (Å²) in [4.78, 5) is 15.5. The van der Waals surface area contributed by atoms with E-state index >= 15 is 0 Å². The van der Waals surface area contributed by atoms with E-state index in [0.29, 0.717) is 23.4 Å². The second-order valence-corrected chi connectivity index (χ2v) is 13.8. The highest BCUT2D eigenvalue weighted by Gasteiger charge is 2.37. The lowest BCUT2D eigenvalue weighted by molar-refractivity contribution is 0.271. The van der Waals surface area contributed by atoms with E-state index < -0.39 is 0 Å². The minimum absolute atomic E-state index is 0.0234. The molecule has 3 atom stereocenters. The van der Waals surface area contributed by atoms with Crippen LogP contribution >= 0.6 is 0 Å². The lowest BCUT2D eigenvalue weighted by Crippen LogP contribution is -2.19. The fraction of sp³-hybridized carbons (Fsp3) is 0.0816. The van der Waals surface area contributed by atoms with Gasteiger partial charge in [0.05, 0.1) is 5.92 Å². The summed E-state index contributed by atoms with van der Waals surface area (Å²) in [6.07, 6.45) is 16.3. The molecule has 4 nitrogen and oxygen atoms in total. The van der Waals surface area contributed by atoms with Crippen molar-refractivity contribution in [3.05, 3.63) is 199 Å². The number of fused-ring (bicyclic) bond motifs is 4. The molecule has 2 aliphatic carbocycles. The van der Waals surface area contributed by atoms with Crippen LogP contribution in [-0.4, -0.2) is 21.1 Å². The van der Waals surface area contributed by atoms with Crippen molar-refractivity contribution in [2.45, 2.75) is 24.4 Å². The fourth-order valence-electron chi connectivity index (χ4n) is 8.02. The molecule has 2 heterocycles. The zero-order chi connectivity index (χ0) is 35.1. The smallest absolute Gasteiger partial charge is 0.164 e. The van der Waals surface area contributed by atoms with E-state index in [4.69, 9.17) is 19.7 Å². The maximum absolute atomic E-state index is 6.39. The highest BCUT2D eigenvalue weighted by Crippen LogP contribution is 2.49. The first-order chi connectivity index (χ1) is 26.3. The predicted molar refractivity (Wildman–Crippen MR) is 215 cm³/mol. The van der Waals surface area contributed by atoms with E-state index in [1.54, 1.807) is 0 Å². The van der Waals surface area contributed by atoms with Gasteiger partial charge in [-0.3, -0.25) is 0 Å². The Labute approximate surface area is 309 Å². The summed E-state index contributed by atoms with van der Waals surface area (Å²) < 4.78 is 6.39. The van der Waals surface area contributed by atoms with Crippen molar-refractivity contribution in [1.82, 2.24) is 15.0 Å². The van der Waals surface area contributed by atoms with Crippen LogP contribution in [0.5, 0.6) is 5.75 Å². The van der Waals surface area contributed by atoms with Crippen molar-refractivity contribution in [3.63, 3.8) is 0 Å². The first-order valence-corrected chi connectivity index (χ1v) is 18.3. The Bertz CT molecular complexity index is 2620. The normalized spacial score (nSPS) is 18.3. The second-order valence-electron chi connectivity index (χ2n) is 13.8.